The average Bonchev–Trinajstić information content (AvgIpc) is 2.47. The molecule has 0 aliphatic heterocycles. The highest BCUT2D eigenvalue weighted by Gasteiger charge is 1.98. The minimum Gasteiger partial charge on any atom is -0.284 e. The van der Waals surface area contributed by atoms with Crippen molar-refractivity contribution in [3.05, 3.63) is 24.5 Å². The van der Waals surface area contributed by atoms with Gasteiger partial charge in [0.1, 0.15) is 12.2 Å². The molecular formula is C7H8N4. The molecule has 2 rings (SSSR count). The predicted octanol–water partition coefficient (Wildman–Crippen LogP) is 0.687. The number of aryl methyl sites for hydroxylation is 1. The molecule has 2 aromatic rings. The molecule has 2 aromatic heterocycles. The fraction of sp³-hybridized carbons (Fsp3) is 0.286. The Balaban J connectivity index is 2.76. The molecule has 4 nitrogen and oxygen atoms in total. The summed E-state index contributed by atoms with van der Waals surface area (Å²) >= 11 is 0. The lowest BCUT2D eigenvalue weighted by Crippen LogP contribution is -1.93. The third-order valence-electron chi connectivity index (χ3n) is 1.64. The average molecular weight is 148 g/mol. The van der Waals surface area contributed by atoms with Crippen molar-refractivity contribution >= 4 is 5.52 Å². The maximum Gasteiger partial charge on any atom is 0.124 e. The number of nitrogens with zero attached hydrogens (tertiary/aromatic N) is 4. The van der Waals surface area contributed by atoms with Crippen LogP contribution in [0, 0.1) is 0 Å². The first-order valence-electron chi connectivity index (χ1n) is 3.54. The number of fused-ring (bicyclic) bond motifs is 1. The Morgan fingerprint density at radius 3 is 3.09 bits per heavy atom. The van der Waals surface area contributed by atoms with Gasteiger partial charge in [0.25, 0.3) is 0 Å². The van der Waals surface area contributed by atoms with Crippen molar-refractivity contribution in [2.75, 3.05) is 0 Å². The summed E-state index contributed by atoms with van der Waals surface area (Å²) in [5, 5.41) is 7.52. The lowest BCUT2D eigenvalue weighted by atomic mass is 10.5. The molecule has 0 bridgehead atoms. The lowest BCUT2D eigenvalue weighted by molar-refractivity contribution is 0.875. The topological polar surface area (TPSA) is 43.1 Å². The van der Waals surface area contributed by atoms with Crippen LogP contribution in [0.1, 0.15) is 12.7 Å². The van der Waals surface area contributed by atoms with E-state index in [9.17, 15) is 0 Å². The molecule has 0 aromatic carbocycles. The zero-order valence-electron chi connectivity index (χ0n) is 6.23. The van der Waals surface area contributed by atoms with Crippen LogP contribution < -0.4 is 0 Å². The molecule has 0 aliphatic rings. The second-order valence-electron chi connectivity index (χ2n) is 2.30. The minimum atomic E-state index is 0.917. The maximum atomic E-state index is 4.20. The predicted molar refractivity (Wildman–Crippen MR) is 40.2 cm³/mol. The molecule has 0 saturated carbocycles. The Morgan fingerprint density at radius 1 is 1.36 bits per heavy atom. The standard InChI is InChI=1S/C7H8N4/c1-2-7-8-3-6-4-9-10-5-11(6)7/h3-5H,2H2,1H3. The van der Waals surface area contributed by atoms with Crippen LogP contribution in [0.3, 0.4) is 0 Å². The van der Waals surface area contributed by atoms with Crippen molar-refractivity contribution in [3.63, 3.8) is 0 Å². The van der Waals surface area contributed by atoms with E-state index in [-0.39, 0.29) is 0 Å². The largest absolute Gasteiger partial charge is 0.284 e. The second kappa shape index (κ2) is 2.30. The van der Waals surface area contributed by atoms with Gasteiger partial charge in [-0.3, -0.25) is 4.40 Å². The molecule has 0 amide bonds. The van der Waals surface area contributed by atoms with Gasteiger partial charge < -0.3 is 0 Å². The lowest BCUT2D eigenvalue weighted by Gasteiger charge is -1.93. The van der Waals surface area contributed by atoms with E-state index in [2.05, 4.69) is 22.1 Å². The van der Waals surface area contributed by atoms with Crippen LogP contribution in [-0.4, -0.2) is 19.6 Å². The SMILES string of the molecule is CCc1ncc2cnncn12. The summed E-state index contributed by atoms with van der Waals surface area (Å²) in [5.74, 6) is 1.02. The quantitative estimate of drug-likeness (QED) is 0.597. The smallest absolute Gasteiger partial charge is 0.124 e. The molecule has 0 fully saturated rings. The van der Waals surface area contributed by atoms with Gasteiger partial charge in [0.05, 0.1) is 17.9 Å². The van der Waals surface area contributed by atoms with Gasteiger partial charge >= 0.3 is 0 Å². The van der Waals surface area contributed by atoms with Gasteiger partial charge in [-0.15, -0.1) is 5.10 Å². The number of aromatic nitrogens is 4. The third kappa shape index (κ3) is 0.869. The molecule has 56 valence electrons. The summed E-state index contributed by atoms with van der Waals surface area (Å²) in [6.07, 6.45) is 6.10. The van der Waals surface area contributed by atoms with Crippen LogP contribution >= 0.6 is 0 Å². The number of hydrogen-bond donors (Lipinski definition) is 0. The summed E-state index contributed by atoms with van der Waals surface area (Å²) < 4.78 is 1.94. The van der Waals surface area contributed by atoms with Gasteiger partial charge in [-0.05, 0) is 0 Å². The highest BCUT2D eigenvalue weighted by atomic mass is 15.2. The van der Waals surface area contributed by atoms with Crippen molar-refractivity contribution < 1.29 is 0 Å². The van der Waals surface area contributed by atoms with Gasteiger partial charge in [0.2, 0.25) is 0 Å². The van der Waals surface area contributed by atoms with E-state index in [0.717, 1.165) is 17.8 Å². The fourth-order valence-electron chi connectivity index (χ4n) is 1.08. The number of rotatable bonds is 1. The molecule has 0 spiro atoms. The Bertz CT molecular complexity index is 365. The van der Waals surface area contributed by atoms with Crippen LogP contribution in [0.25, 0.3) is 5.52 Å². The van der Waals surface area contributed by atoms with Crippen LogP contribution in [0.5, 0.6) is 0 Å². The normalized spacial score (nSPS) is 10.6. The van der Waals surface area contributed by atoms with E-state index in [1.54, 1.807) is 18.7 Å². The monoisotopic (exact) mass is 148 g/mol. The number of imidazole rings is 1. The first kappa shape index (κ1) is 6.27. The van der Waals surface area contributed by atoms with Crippen molar-refractivity contribution in [3.8, 4) is 0 Å². The molecule has 0 N–H and O–H groups in total. The molecule has 11 heavy (non-hydrogen) atoms. The first-order valence-corrected chi connectivity index (χ1v) is 3.54. The van der Waals surface area contributed by atoms with Crippen molar-refractivity contribution in [1.82, 2.24) is 19.6 Å². The van der Waals surface area contributed by atoms with E-state index in [1.165, 1.54) is 0 Å². The summed E-state index contributed by atoms with van der Waals surface area (Å²) in [6.45, 7) is 2.06. The summed E-state index contributed by atoms with van der Waals surface area (Å²) in [4.78, 5) is 4.20. The van der Waals surface area contributed by atoms with Gasteiger partial charge in [-0.25, -0.2) is 4.98 Å². The van der Waals surface area contributed by atoms with Crippen LogP contribution in [0.2, 0.25) is 0 Å². The van der Waals surface area contributed by atoms with Gasteiger partial charge in [-0.1, -0.05) is 6.92 Å². The van der Waals surface area contributed by atoms with Crippen molar-refractivity contribution in [2.24, 2.45) is 0 Å². The van der Waals surface area contributed by atoms with Crippen molar-refractivity contribution in [1.29, 1.82) is 0 Å². The van der Waals surface area contributed by atoms with Crippen LogP contribution in [-0.2, 0) is 6.42 Å². The van der Waals surface area contributed by atoms with Gasteiger partial charge in [0, 0.05) is 6.42 Å². The van der Waals surface area contributed by atoms with E-state index in [0.29, 0.717) is 0 Å². The molecule has 2 heterocycles. The Morgan fingerprint density at radius 2 is 2.27 bits per heavy atom. The Labute approximate surface area is 63.9 Å². The third-order valence-corrected chi connectivity index (χ3v) is 1.64. The summed E-state index contributed by atoms with van der Waals surface area (Å²) in [7, 11) is 0. The Kier molecular flexibility index (Phi) is 1.31. The summed E-state index contributed by atoms with van der Waals surface area (Å²) in [5.41, 5.74) is 0.997. The van der Waals surface area contributed by atoms with Gasteiger partial charge in [0.15, 0.2) is 0 Å². The molecule has 0 saturated heterocycles. The zero-order chi connectivity index (χ0) is 7.68. The second-order valence-corrected chi connectivity index (χ2v) is 2.30. The Hall–Kier alpha value is -1.45. The van der Waals surface area contributed by atoms with E-state index >= 15 is 0 Å². The molecule has 0 aliphatic carbocycles. The molecule has 0 unspecified atom stereocenters. The van der Waals surface area contributed by atoms with Crippen molar-refractivity contribution in [2.45, 2.75) is 13.3 Å². The molecule has 0 atom stereocenters. The van der Waals surface area contributed by atoms with Crippen LogP contribution in [0.15, 0.2) is 18.7 Å². The highest BCUT2D eigenvalue weighted by Crippen LogP contribution is 2.02. The van der Waals surface area contributed by atoms with Gasteiger partial charge in [-0.2, -0.15) is 5.10 Å². The van der Waals surface area contributed by atoms with E-state index in [4.69, 9.17) is 0 Å². The molecular weight excluding hydrogens is 140 g/mol. The minimum absolute atomic E-state index is 0.917. The van der Waals surface area contributed by atoms with E-state index < -0.39 is 0 Å². The molecule has 4 heteroatoms. The number of hydrogen-bond acceptors (Lipinski definition) is 3. The first-order chi connectivity index (χ1) is 5.42. The zero-order valence-corrected chi connectivity index (χ0v) is 6.23. The van der Waals surface area contributed by atoms with Crippen LogP contribution in [0.4, 0.5) is 0 Å². The molecule has 0 radical (unpaired) electrons. The maximum absolute atomic E-state index is 4.20. The highest BCUT2D eigenvalue weighted by molar-refractivity contribution is 5.42. The summed E-state index contributed by atoms with van der Waals surface area (Å²) in [6, 6.07) is 0. The van der Waals surface area contributed by atoms with E-state index in [1.807, 2.05) is 4.40 Å². The fourth-order valence-corrected chi connectivity index (χ4v) is 1.08.